The SMILES string of the molecule is COC(=O)c1ccc2nc(NC(=O)c3cc(OC)cc(OC)c3)sc2c1. The number of methoxy groups -OCH3 is 3. The van der Waals surface area contributed by atoms with Crippen LogP contribution in [0.15, 0.2) is 36.4 Å². The highest BCUT2D eigenvalue weighted by atomic mass is 32.1. The van der Waals surface area contributed by atoms with Gasteiger partial charge >= 0.3 is 5.97 Å². The van der Waals surface area contributed by atoms with E-state index in [0.29, 0.717) is 33.3 Å². The molecule has 0 bridgehead atoms. The number of carbonyl (C=O) groups excluding carboxylic acids is 2. The average Bonchev–Trinajstić information content (AvgIpc) is 3.07. The number of benzene rings is 2. The number of anilines is 1. The number of nitrogens with one attached hydrogen (secondary N) is 1. The minimum Gasteiger partial charge on any atom is -0.497 e. The van der Waals surface area contributed by atoms with Crippen LogP contribution in [-0.4, -0.2) is 38.2 Å². The fraction of sp³-hybridized carbons (Fsp3) is 0.167. The fourth-order valence-electron chi connectivity index (χ4n) is 2.33. The van der Waals surface area contributed by atoms with E-state index >= 15 is 0 Å². The van der Waals surface area contributed by atoms with E-state index in [1.165, 1.54) is 32.7 Å². The Morgan fingerprint density at radius 2 is 1.65 bits per heavy atom. The summed E-state index contributed by atoms with van der Waals surface area (Å²) < 4.78 is 15.8. The molecule has 0 saturated carbocycles. The van der Waals surface area contributed by atoms with Crippen LogP contribution in [0.5, 0.6) is 11.5 Å². The van der Waals surface area contributed by atoms with E-state index in [1.54, 1.807) is 36.4 Å². The third-order valence-electron chi connectivity index (χ3n) is 3.64. The van der Waals surface area contributed by atoms with E-state index in [0.717, 1.165) is 4.70 Å². The number of ether oxygens (including phenoxy) is 3. The van der Waals surface area contributed by atoms with Crippen molar-refractivity contribution in [2.75, 3.05) is 26.6 Å². The molecule has 8 heteroatoms. The molecule has 26 heavy (non-hydrogen) atoms. The van der Waals surface area contributed by atoms with Crippen LogP contribution >= 0.6 is 11.3 Å². The molecule has 1 amide bonds. The zero-order valence-corrected chi connectivity index (χ0v) is 15.2. The average molecular weight is 372 g/mol. The Balaban J connectivity index is 1.86. The molecule has 1 N–H and O–H groups in total. The molecule has 3 rings (SSSR count). The second-order valence-electron chi connectivity index (χ2n) is 5.25. The van der Waals surface area contributed by atoms with Crippen LogP contribution < -0.4 is 14.8 Å². The third kappa shape index (κ3) is 3.60. The Bertz CT molecular complexity index is 961. The molecule has 0 unspecified atom stereocenters. The Kier molecular flexibility index (Phi) is 5.04. The minimum absolute atomic E-state index is 0.338. The number of nitrogens with zero attached hydrogens (tertiary/aromatic N) is 1. The number of hydrogen-bond acceptors (Lipinski definition) is 7. The van der Waals surface area contributed by atoms with Crippen molar-refractivity contribution in [3.63, 3.8) is 0 Å². The first-order valence-electron chi connectivity index (χ1n) is 7.57. The molecule has 3 aromatic rings. The summed E-state index contributed by atoms with van der Waals surface area (Å²) in [4.78, 5) is 28.5. The number of thiazole rings is 1. The second kappa shape index (κ2) is 7.40. The molecule has 1 aromatic heterocycles. The lowest BCUT2D eigenvalue weighted by atomic mass is 10.2. The molecule has 0 fully saturated rings. The van der Waals surface area contributed by atoms with Crippen molar-refractivity contribution in [1.82, 2.24) is 4.98 Å². The normalized spacial score (nSPS) is 10.4. The molecule has 0 aliphatic rings. The van der Waals surface area contributed by atoms with Gasteiger partial charge in [0.15, 0.2) is 5.13 Å². The highest BCUT2D eigenvalue weighted by Gasteiger charge is 2.14. The lowest BCUT2D eigenvalue weighted by Gasteiger charge is -2.07. The summed E-state index contributed by atoms with van der Waals surface area (Å²) in [5, 5.41) is 3.18. The summed E-state index contributed by atoms with van der Waals surface area (Å²) in [6, 6.07) is 9.93. The van der Waals surface area contributed by atoms with E-state index < -0.39 is 5.97 Å². The van der Waals surface area contributed by atoms with E-state index in [9.17, 15) is 9.59 Å². The summed E-state index contributed by atoms with van der Waals surface area (Å²) in [6.07, 6.45) is 0. The minimum atomic E-state index is -0.422. The van der Waals surface area contributed by atoms with E-state index in [1.807, 2.05) is 0 Å². The van der Waals surface area contributed by atoms with Gasteiger partial charge in [0.05, 0.1) is 37.1 Å². The van der Waals surface area contributed by atoms with Crippen LogP contribution in [0.25, 0.3) is 10.2 Å². The Hall–Kier alpha value is -3.13. The lowest BCUT2D eigenvalue weighted by Crippen LogP contribution is -2.12. The van der Waals surface area contributed by atoms with Crippen LogP contribution in [0.2, 0.25) is 0 Å². The molecule has 0 aliphatic heterocycles. The van der Waals surface area contributed by atoms with Crippen molar-refractivity contribution < 1.29 is 23.8 Å². The molecule has 0 radical (unpaired) electrons. The van der Waals surface area contributed by atoms with Gasteiger partial charge in [0.2, 0.25) is 0 Å². The first-order chi connectivity index (χ1) is 12.5. The van der Waals surface area contributed by atoms with Gasteiger partial charge in [-0.05, 0) is 30.3 Å². The zero-order valence-electron chi connectivity index (χ0n) is 14.4. The Morgan fingerprint density at radius 3 is 2.27 bits per heavy atom. The van der Waals surface area contributed by atoms with Crippen molar-refractivity contribution in [2.24, 2.45) is 0 Å². The number of fused-ring (bicyclic) bond motifs is 1. The number of hydrogen-bond donors (Lipinski definition) is 1. The van der Waals surface area contributed by atoms with Gasteiger partial charge in [-0.2, -0.15) is 0 Å². The van der Waals surface area contributed by atoms with Crippen LogP contribution in [0.4, 0.5) is 5.13 Å². The summed E-state index contributed by atoms with van der Waals surface area (Å²) in [5.41, 5.74) is 1.50. The van der Waals surface area contributed by atoms with Gasteiger partial charge in [-0.25, -0.2) is 9.78 Å². The van der Waals surface area contributed by atoms with Gasteiger partial charge < -0.3 is 14.2 Å². The van der Waals surface area contributed by atoms with Gasteiger partial charge in [0, 0.05) is 11.6 Å². The molecule has 134 valence electrons. The number of carbonyl (C=O) groups is 2. The molecule has 7 nitrogen and oxygen atoms in total. The van der Waals surface area contributed by atoms with Gasteiger partial charge in [0.1, 0.15) is 11.5 Å². The topological polar surface area (TPSA) is 86.8 Å². The van der Waals surface area contributed by atoms with Crippen LogP contribution in [0.1, 0.15) is 20.7 Å². The van der Waals surface area contributed by atoms with Crippen molar-refractivity contribution in [1.29, 1.82) is 0 Å². The standard InChI is InChI=1S/C18H16N2O5S/c1-23-12-6-11(7-13(9-12)24-2)16(21)20-18-19-14-5-4-10(17(22)25-3)8-15(14)26-18/h4-9H,1-3H3,(H,19,20,21). The van der Waals surface area contributed by atoms with Crippen molar-refractivity contribution in [3.05, 3.63) is 47.5 Å². The van der Waals surface area contributed by atoms with E-state index in [-0.39, 0.29) is 5.91 Å². The molecule has 2 aromatic carbocycles. The summed E-state index contributed by atoms with van der Waals surface area (Å²) in [6.45, 7) is 0. The van der Waals surface area contributed by atoms with Gasteiger partial charge in [-0.1, -0.05) is 11.3 Å². The van der Waals surface area contributed by atoms with Crippen LogP contribution in [0, 0.1) is 0 Å². The summed E-state index contributed by atoms with van der Waals surface area (Å²) in [5.74, 6) is 0.270. The van der Waals surface area contributed by atoms with Crippen molar-refractivity contribution >= 4 is 38.6 Å². The first kappa shape index (κ1) is 17.7. The predicted octanol–water partition coefficient (Wildman–Crippen LogP) is 3.35. The quantitative estimate of drug-likeness (QED) is 0.691. The lowest BCUT2D eigenvalue weighted by molar-refractivity contribution is 0.0601. The molecular formula is C18H16N2O5S. The second-order valence-corrected chi connectivity index (χ2v) is 6.28. The molecule has 0 aliphatic carbocycles. The number of amides is 1. The van der Waals surface area contributed by atoms with Crippen molar-refractivity contribution in [2.45, 2.75) is 0 Å². The van der Waals surface area contributed by atoms with Crippen LogP contribution in [0.3, 0.4) is 0 Å². The zero-order chi connectivity index (χ0) is 18.7. The van der Waals surface area contributed by atoms with E-state index in [4.69, 9.17) is 14.2 Å². The maximum Gasteiger partial charge on any atom is 0.337 e. The van der Waals surface area contributed by atoms with E-state index in [2.05, 4.69) is 10.3 Å². The van der Waals surface area contributed by atoms with Gasteiger partial charge in [0.25, 0.3) is 5.91 Å². The number of aromatic nitrogens is 1. The summed E-state index contributed by atoms with van der Waals surface area (Å²) >= 11 is 1.27. The molecule has 0 spiro atoms. The molecule has 1 heterocycles. The maximum absolute atomic E-state index is 12.5. The first-order valence-corrected chi connectivity index (χ1v) is 8.39. The Morgan fingerprint density at radius 1 is 0.962 bits per heavy atom. The van der Waals surface area contributed by atoms with Gasteiger partial charge in [-0.15, -0.1) is 0 Å². The highest BCUT2D eigenvalue weighted by molar-refractivity contribution is 7.22. The summed E-state index contributed by atoms with van der Waals surface area (Å²) in [7, 11) is 4.36. The van der Waals surface area contributed by atoms with Gasteiger partial charge in [-0.3, -0.25) is 10.1 Å². The highest BCUT2D eigenvalue weighted by Crippen LogP contribution is 2.28. The molecule has 0 saturated heterocycles. The molecule has 0 atom stereocenters. The maximum atomic E-state index is 12.5. The van der Waals surface area contributed by atoms with Crippen molar-refractivity contribution in [3.8, 4) is 11.5 Å². The fourth-order valence-corrected chi connectivity index (χ4v) is 3.23. The smallest absolute Gasteiger partial charge is 0.337 e. The largest absolute Gasteiger partial charge is 0.497 e. The molecular weight excluding hydrogens is 356 g/mol. The monoisotopic (exact) mass is 372 g/mol. The Labute approximate surface area is 153 Å². The number of esters is 1. The predicted molar refractivity (Wildman–Crippen MR) is 98.5 cm³/mol. The third-order valence-corrected chi connectivity index (χ3v) is 4.58. The number of rotatable bonds is 5. The van der Waals surface area contributed by atoms with Crippen LogP contribution in [-0.2, 0) is 4.74 Å².